The highest BCUT2D eigenvalue weighted by molar-refractivity contribution is 6.41. The molecule has 0 bridgehead atoms. The number of hydrogen-bond donors (Lipinski definition) is 1. The number of aromatic nitrogens is 1. The summed E-state index contributed by atoms with van der Waals surface area (Å²) in [5.41, 5.74) is 1.55. The fourth-order valence-electron chi connectivity index (χ4n) is 5.37. The number of carbonyl (C=O) groups excluding carboxylic acids is 2. The number of carbonyl (C=O) groups is 2. The van der Waals surface area contributed by atoms with Gasteiger partial charge in [0.15, 0.2) is 0 Å². The predicted octanol–water partition coefficient (Wildman–Crippen LogP) is 4.79. The zero-order chi connectivity index (χ0) is 33.0. The molecular weight excluding hydrogens is 597 g/mol. The molecule has 4 aromatic rings. The van der Waals surface area contributed by atoms with Crippen LogP contribution in [-0.2, 0) is 22.6 Å². The van der Waals surface area contributed by atoms with Gasteiger partial charge in [-0.05, 0) is 41.5 Å². The molecule has 3 aromatic carbocycles. The molecule has 2 heterocycles. The van der Waals surface area contributed by atoms with Crippen molar-refractivity contribution in [1.82, 2.24) is 9.47 Å². The van der Waals surface area contributed by atoms with Gasteiger partial charge in [-0.1, -0.05) is 30.3 Å². The van der Waals surface area contributed by atoms with E-state index in [0.29, 0.717) is 31.3 Å². The predicted molar refractivity (Wildman–Crippen MR) is 171 cm³/mol. The van der Waals surface area contributed by atoms with Crippen LogP contribution in [-0.4, -0.2) is 66.5 Å². The van der Waals surface area contributed by atoms with Gasteiger partial charge in [-0.2, -0.15) is 0 Å². The maximum absolute atomic E-state index is 14.5. The van der Waals surface area contributed by atoms with Gasteiger partial charge in [0.1, 0.15) is 23.2 Å². The standard InChI is InChI=1S/C35H33F3N4O4/c1-39(2)26-8-10-27(11-9-26)40-12-14-41(15-13-40)35(46)33(44)20-32(43)29-17-24(16-28-30(37)18-25(36)19-31(28)38)22-42(34(29)45)21-23-6-4-3-5-7-23/h3-11,17-20,22,43H,12-16,21H2,1-2H3. The largest absolute Gasteiger partial charge is 0.507 e. The molecule has 46 heavy (non-hydrogen) atoms. The monoisotopic (exact) mass is 630 g/mol. The first-order valence-corrected chi connectivity index (χ1v) is 14.7. The van der Waals surface area contributed by atoms with Crippen LogP contribution in [0.1, 0.15) is 22.3 Å². The molecule has 0 radical (unpaired) electrons. The molecule has 5 rings (SSSR count). The van der Waals surface area contributed by atoms with Crippen LogP contribution < -0.4 is 15.4 Å². The number of amides is 1. The van der Waals surface area contributed by atoms with E-state index in [-0.39, 0.29) is 37.2 Å². The second-order valence-electron chi connectivity index (χ2n) is 11.3. The van der Waals surface area contributed by atoms with Crippen molar-refractivity contribution in [2.75, 3.05) is 50.1 Å². The molecule has 0 aliphatic carbocycles. The number of pyridine rings is 1. The molecule has 1 N–H and O–H groups in total. The molecule has 0 spiro atoms. The Hall–Kier alpha value is -5.32. The summed E-state index contributed by atoms with van der Waals surface area (Å²) in [6, 6.07) is 19.2. The highest BCUT2D eigenvalue weighted by atomic mass is 19.1. The molecule has 0 saturated carbocycles. The fourth-order valence-corrected chi connectivity index (χ4v) is 5.37. The van der Waals surface area contributed by atoms with Gasteiger partial charge in [-0.25, -0.2) is 13.2 Å². The summed E-state index contributed by atoms with van der Waals surface area (Å²) < 4.78 is 43.7. The molecule has 0 atom stereocenters. The van der Waals surface area contributed by atoms with E-state index in [4.69, 9.17) is 0 Å². The second-order valence-corrected chi connectivity index (χ2v) is 11.3. The lowest BCUT2D eigenvalue weighted by atomic mass is 10.0. The molecule has 1 fully saturated rings. The molecule has 1 aliphatic rings. The average molecular weight is 631 g/mol. The first-order valence-electron chi connectivity index (χ1n) is 14.7. The summed E-state index contributed by atoms with van der Waals surface area (Å²) >= 11 is 0. The molecule has 1 amide bonds. The van der Waals surface area contributed by atoms with Gasteiger partial charge in [0.2, 0.25) is 5.78 Å². The lowest BCUT2D eigenvalue weighted by molar-refractivity contribution is -0.142. The summed E-state index contributed by atoms with van der Waals surface area (Å²) in [4.78, 5) is 44.9. The summed E-state index contributed by atoms with van der Waals surface area (Å²) in [5, 5.41) is 10.9. The molecule has 238 valence electrons. The Kier molecular flexibility index (Phi) is 9.60. The van der Waals surface area contributed by atoms with Crippen LogP contribution in [0.2, 0.25) is 0 Å². The quantitative estimate of drug-likeness (QED) is 0.163. The first-order chi connectivity index (χ1) is 22.0. The van der Waals surface area contributed by atoms with Crippen LogP contribution in [0.4, 0.5) is 24.5 Å². The molecular formula is C35H33F3N4O4. The van der Waals surface area contributed by atoms with E-state index in [1.165, 1.54) is 21.7 Å². The minimum absolute atomic E-state index is 0.0528. The van der Waals surface area contributed by atoms with E-state index in [0.717, 1.165) is 16.9 Å². The lowest BCUT2D eigenvalue weighted by Crippen LogP contribution is -2.50. The second kappa shape index (κ2) is 13.8. The number of halogens is 3. The van der Waals surface area contributed by atoms with Crippen molar-refractivity contribution >= 4 is 28.8 Å². The number of piperazine rings is 1. The van der Waals surface area contributed by atoms with Crippen molar-refractivity contribution in [3.63, 3.8) is 0 Å². The van der Waals surface area contributed by atoms with Crippen LogP contribution in [0, 0.1) is 17.5 Å². The van der Waals surface area contributed by atoms with E-state index >= 15 is 0 Å². The van der Waals surface area contributed by atoms with Crippen molar-refractivity contribution in [3.05, 3.63) is 135 Å². The topological polar surface area (TPSA) is 86.1 Å². The number of anilines is 2. The van der Waals surface area contributed by atoms with Crippen LogP contribution >= 0.6 is 0 Å². The number of nitrogens with zero attached hydrogens (tertiary/aromatic N) is 4. The number of rotatable bonds is 9. The summed E-state index contributed by atoms with van der Waals surface area (Å²) in [6.07, 6.45) is 1.71. The first kappa shape index (κ1) is 32.1. The van der Waals surface area contributed by atoms with Crippen LogP contribution in [0.5, 0.6) is 0 Å². The van der Waals surface area contributed by atoms with Gasteiger partial charge in [-0.3, -0.25) is 14.4 Å². The molecule has 1 saturated heterocycles. The van der Waals surface area contributed by atoms with Gasteiger partial charge in [0.05, 0.1) is 12.1 Å². The molecule has 8 nitrogen and oxygen atoms in total. The minimum atomic E-state index is -1.11. The summed E-state index contributed by atoms with van der Waals surface area (Å²) in [5.74, 6) is -5.89. The molecule has 1 aromatic heterocycles. The van der Waals surface area contributed by atoms with Crippen molar-refractivity contribution < 1.29 is 27.9 Å². The Morgan fingerprint density at radius 2 is 1.50 bits per heavy atom. The van der Waals surface area contributed by atoms with E-state index in [2.05, 4.69) is 4.90 Å². The Balaban J connectivity index is 1.36. The van der Waals surface area contributed by atoms with Gasteiger partial charge in [0, 0.05) is 88.0 Å². The maximum atomic E-state index is 14.5. The number of hydrogen-bond acceptors (Lipinski definition) is 6. The normalized spacial score (nSPS) is 13.5. The Morgan fingerprint density at radius 3 is 2.11 bits per heavy atom. The summed E-state index contributed by atoms with van der Waals surface area (Å²) in [7, 11) is 3.91. The molecule has 0 unspecified atom stereocenters. The number of benzene rings is 3. The Bertz CT molecular complexity index is 1810. The minimum Gasteiger partial charge on any atom is -0.507 e. The van der Waals surface area contributed by atoms with Crippen molar-refractivity contribution in [1.29, 1.82) is 0 Å². The van der Waals surface area contributed by atoms with Crippen molar-refractivity contribution in [2.45, 2.75) is 13.0 Å². The SMILES string of the molecule is CN(C)c1ccc(N2CCN(C(=O)C(=O)C=C(O)c3cc(Cc4c(F)cc(F)cc4F)cn(Cc4ccccc4)c3=O)CC2)cc1. The van der Waals surface area contributed by atoms with Gasteiger partial charge in [0.25, 0.3) is 11.5 Å². The third-order valence-electron chi connectivity index (χ3n) is 7.88. The van der Waals surface area contributed by atoms with E-state index in [1.807, 2.05) is 43.3 Å². The zero-order valence-corrected chi connectivity index (χ0v) is 25.4. The number of aliphatic hydroxyl groups excluding tert-OH is 1. The van der Waals surface area contributed by atoms with Gasteiger partial charge >= 0.3 is 0 Å². The zero-order valence-electron chi connectivity index (χ0n) is 25.4. The van der Waals surface area contributed by atoms with Crippen LogP contribution in [0.3, 0.4) is 0 Å². The number of aliphatic hydroxyl groups is 1. The van der Waals surface area contributed by atoms with Crippen LogP contribution in [0.25, 0.3) is 5.76 Å². The van der Waals surface area contributed by atoms with E-state index < -0.39 is 46.0 Å². The van der Waals surface area contributed by atoms with Crippen molar-refractivity contribution in [2.24, 2.45) is 0 Å². The van der Waals surface area contributed by atoms with Gasteiger partial charge in [-0.15, -0.1) is 0 Å². The highest BCUT2D eigenvalue weighted by Gasteiger charge is 2.26. The fraction of sp³-hybridized carbons (Fsp3) is 0.229. The number of ketones is 1. The Morgan fingerprint density at radius 1 is 0.870 bits per heavy atom. The molecule has 1 aliphatic heterocycles. The lowest BCUT2D eigenvalue weighted by Gasteiger charge is -2.35. The molecule has 11 heteroatoms. The summed E-state index contributed by atoms with van der Waals surface area (Å²) in [6.45, 7) is 1.61. The maximum Gasteiger partial charge on any atom is 0.294 e. The van der Waals surface area contributed by atoms with E-state index in [1.54, 1.807) is 30.3 Å². The van der Waals surface area contributed by atoms with Crippen molar-refractivity contribution in [3.8, 4) is 0 Å². The third-order valence-corrected chi connectivity index (χ3v) is 7.88. The van der Waals surface area contributed by atoms with Gasteiger partial charge < -0.3 is 24.4 Å². The Labute approximate surface area is 264 Å². The highest BCUT2D eigenvalue weighted by Crippen LogP contribution is 2.22. The third kappa shape index (κ3) is 7.31. The average Bonchev–Trinajstić information content (AvgIpc) is 3.04. The van der Waals surface area contributed by atoms with E-state index in [9.17, 15) is 32.7 Å². The van der Waals surface area contributed by atoms with Crippen LogP contribution in [0.15, 0.2) is 89.9 Å². The smallest absolute Gasteiger partial charge is 0.294 e.